The van der Waals surface area contributed by atoms with Gasteiger partial charge in [-0.05, 0) is 68.5 Å². The number of esters is 1. The molecule has 0 saturated carbocycles. The minimum Gasteiger partial charge on any atom is -0.467 e. The van der Waals surface area contributed by atoms with Gasteiger partial charge in [0.15, 0.2) is 5.12 Å². The Hall–Kier alpha value is -3.71. The summed E-state index contributed by atoms with van der Waals surface area (Å²) < 4.78 is 10.5. The monoisotopic (exact) mass is 645 g/mol. The normalized spacial score (nSPS) is 17.0. The number of nitrogens with one attached hydrogen (secondary N) is 1. The Morgan fingerprint density at radius 1 is 1.11 bits per heavy atom. The van der Waals surface area contributed by atoms with Crippen LogP contribution in [0.2, 0.25) is 0 Å². The van der Waals surface area contributed by atoms with Gasteiger partial charge in [-0.3, -0.25) is 19.4 Å². The van der Waals surface area contributed by atoms with E-state index in [1.165, 1.54) is 42.8 Å². The molecular formula is C31H39N3O8S2. The highest BCUT2D eigenvalue weighted by Crippen LogP contribution is 2.36. The fraction of sp³-hybridized carbons (Fsp3) is 0.452. The molecule has 44 heavy (non-hydrogen) atoms. The Morgan fingerprint density at radius 2 is 1.80 bits per heavy atom. The Labute approximate surface area is 266 Å². The average Bonchev–Trinajstić information content (AvgIpc) is 3.36. The highest BCUT2D eigenvalue weighted by molar-refractivity contribution is 8.14. The number of ether oxygens (including phenoxy) is 2. The molecule has 13 heteroatoms. The summed E-state index contributed by atoms with van der Waals surface area (Å²) in [6, 6.07) is 12.7. The number of hydrogen-bond acceptors (Lipinski definition) is 9. The van der Waals surface area contributed by atoms with E-state index in [9.17, 15) is 29.1 Å². The average molecular weight is 646 g/mol. The van der Waals surface area contributed by atoms with Gasteiger partial charge in [-0.15, -0.1) is 0 Å². The van der Waals surface area contributed by atoms with E-state index in [0.29, 0.717) is 23.3 Å². The summed E-state index contributed by atoms with van der Waals surface area (Å²) in [6.45, 7) is 6.69. The van der Waals surface area contributed by atoms with Crippen LogP contribution in [0.25, 0.3) is 11.1 Å². The van der Waals surface area contributed by atoms with Crippen molar-refractivity contribution in [1.82, 2.24) is 10.2 Å². The molecule has 1 heterocycles. The summed E-state index contributed by atoms with van der Waals surface area (Å²) in [5.41, 5.74) is 0.686. The van der Waals surface area contributed by atoms with Crippen LogP contribution in [0, 0.1) is 0 Å². The lowest BCUT2D eigenvalue weighted by Gasteiger charge is -2.34. The van der Waals surface area contributed by atoms with Crippen LogP contribution in [0.15, 0.2) is 48.5 Å². The van der Waals surface area contributed by atoms with E-state index in [1.54, 1.807) is 51.1 Å². The van der Waals surface area contributed by atoms with Crippen molar-refractivity contribution in [3.63, 3.8) is 0 Å². The second-order valence-corrected chi connectivity index (χ2v) is 13.6. The van der Waals surface area contributed by atoms with Crippen LogP contribution < -0.4 is 10.2 Å². The molecule has 1 saturated heterocycles. The number of benzene rings is 2. The zero-order valence-electron chi connectivity index (χ0n) is 25.7. The van der Waals surface area contributed by atoms with Gasteiger partial charge in [0.25, 0.3) is 5.91 Å². The lowest BCUT2D eigenvalue weighted by atomic mass is 9.97. The van der Waals surface area contributed by atoms with Gasteiger partial charge in [0.2, 0.25) is 0 Å². The predicted octanol–water partition coefficient (Wildman–Crippen LogP) is 5.48. The molecule has 2 aromatic carbocycles. The number of likely N-dealkylation sites (tertiary alicyclic amines) is 1. The van der Waals surface area contributed by atoms with Crippen LogP contribution in [-0.2, 0) is 19.1 Å². The number of methoxy groups -OCH3 is 1. The molecule has 3 amide bonds. The molecule has 3 rings (SSSR count). The standard InChI is InChI=1S/C31H39N3O8S2/c1-19(35)44-22-17-26(33(18-22)30(40)42-31(2,3)4)34(29(38)39)21-12-13-23(24(16-21)20-10-8-7-9-11-20)27(36)32-25(14-15-43-6)28(37)41-5/h7-13,16,22,25-26H,14-15,17-18H2,1-6H3,(H,32,36)(H,38,39)/t22-,25-,26?/m0/s1. The molecule has 1 aliphatic rings. The fourth-order valence-electron chi connectivity index (χ4n) is 4.87. The van der Waals surface area contributed by atoms with Crippen molar-refractivity contribution in [2.45, 2.75) is 63.6 Å². The Balaban J connectivity index is 2.08. The van der Waals surface area contributed by atoms with E-state index in [2.05, 4.69) is 5.32 Å². The quantitative estimate of drug-likeness (QED) is 0.319. The smallest absolute Gasteiger partial charge is 0.413 e. The first-order valence-electron chi connectivity index (χ1n) is 14.0. The number of amides is 3. The van der Waals surface area contributed by atoms with Crippen LogP contribution in [0.3, 0.4) is 0 Å². The van der Waals surface area contributed by atoms with Crippen LogP contribution >= 0.6 is 23.5 Å². The maximum atomic E-state index is 13.6. The molecule has 238 valence electrons. The van der Waals surface area contributed by atoms with Crippen LogP contribution in [0.4, 0.5) is 15.3 Å². The third-order valence-electron chi connectivity index (χ3n) is 6.71. The van der Waals surface area contributed by atoms with E-state index >= 15 is 0 Å². The molecule has 2 N–H and O–H groups in total. The Bertz CT molecular complexity index is 1370. The molecule has 0 spiro atoms. The zero-order valence-corrected chi connectivity index (χ0v) is 27.3. The molecule has 0 bridgehead atoms. The first-order chi connectivity index (χ1) is 20.7. The molecule has 11 nitrogen and oxygen atoms in total. The molecule has 1 unspecified atom stereocenters. The van der Waals surface area contributed by atoms with Gasteiger partial charge in [0.1, 0.15) is 17.8 Å². The Morgan fingerprint density at radius 3 is 2.36 bits per heavy atom. The summed E-state index contributed by atoms with van der Waals surface area (Å²) in [6.07, 6.45) is -0.541. The third-order valence-corrected chi connectivity index (χ3v) is 8.36. The van der Waals surface area contributed by atoms with Crippen molar-refractivity contribution in [1.29, 1.82) is 0 Å². The number of carboxylic acid groups (broad SMARTS) is 1. The van der Waals surface area contributed by atoms with Crippen molar-refractivity contribution in [2.75, 3.05) is 30.6 Å². The number of rotatable bonds is 10. The number of carbonyl (C=O) groups is 5. The van der Waals surface area contributed by atoms with Crippen molar-refractivity contribution in [3.8, 4) is 11.1 Å². The number of hydrogen-bond donors (Lipinski definition) is 2. The van der Waals surface area contributed by atoms with E-state index in [1.807, 2.05) is 12.3 Å². The zero-order chi connectivity index (χ0) is 32.6. The maximum absolute atomic E-state index is 13.6. The number of nitrogens with zero attached hydrogens (tertiary/aromatic N) is 2. The fourth-order valence-corrected chi connectivity index (χ4v) is 6.31. The molecule has 2 aromatic rings. The number of thioether (sulfide) groups is 2. The molecule has 3 atom stereocenters. The highest BCUT2D eigenvalue weighted by Gasteiger charge is 2.44. The highest BCUT2D eigenvalue weighted by atomic mass is 32.2. The minimum absolute atomic E-state index is 0.116. The van der Waals surface area contributed by atoms with Gasteiger partial charge in [-0.2, -0.15) is 11.8 Å². The van der Waals surface area contributed by atoms with Crippen molar-refractivity contribution >= 4 is 58.4 Å². The second kappa shape index (κ2) is 15.3. The second-order valence-electron chi connectivity index (χ2n) is 11.2. The van der Waals surface area contributed by atoms with E-state index in [0.717, 1.165) is 16.7 Å². The lowest BCUT2D eigenvalue weighted by Crippen LogP contribution is -2.51. The van der Waals surface area contributed by atoms with Crippen LogP contribution in [0.1, 0.15) is 50.9 Å². The van der Waals surface area contributed by atoms with Gasteiger partial charge in [0, 0.05) is 36.4 Å². The topological polar surface area (TPSA) is 143 Å². The van der Waals surface area contributed by atoms with Crippen molar-refractivity contribution < 1.29 is 38.6 Å². The summed E-state index contributed by atoms with van der Waals surface area (Å²) in [4.78, 5) is 66.3. The summed E-state index contributed by atoms with van der Waals surface area (Å²) in [7, 11) is 1.26. The predicted molar refractivity (Wildman–Crippen MR) is 172 cm³/mol. The number of anilines is 1. The van der Waals surface area contributed by atoms with Gasteiger partial charge in [-0.25, -0.2) is 14.4 Å². The number of carbonyl (C=O) groups excluding carboxylic acids is 4. The molecule has 1 aliphatic heterocycles. The van der Waals surface area contributed by atoms with Gasteiger partial charge >= 0.3 is 18.2 Å². The molecule has 0 aromatic heterocycles. The van der Waals surface area contributed by atoms with Gasteiger partial charge in [0.05, 0.1) is 7.11 Å². The van der Waals surface area contributed by atoms with Crippen LogP contribution in [0.5, 0.6) is 0 Å². The lowest BCUT2D eigenvalue weighted by molar-refractivity contribution is -0.142. The van der Waals surface area contributed by atoms with E-state index in [4.69, 9.17) is 9.47 Å². The molecule has 0 aliphatic carbocycles. The minimum atomic E-state index is -1.32. The summed E-state index contributed by atoms with van der Waals surface area (Å²) in [5, 5.41) is 12.7. The molecular weight excluding hydrogens is 606 g/mol. The van der Waals surface area contributed by atoms with Gasteiger partial charge < -0.3 is 19.9 Å². The SMILES string of the molecule is COC(=O)[C@H](CCSC)NC(=O)c1ccc(N(C(=O)O)C2C[C@H](SC(C)=O)CN2C(=O)OC(C)(C)C)cc1-c1ccccc1. The molecule has 0 radical (unpaired) electrons. The maximum Gasteiger partial charge on any atom is 0.413 e. The first kappa shape index (κ1) is 34.8. The largest absolute Gasteiger partial charge is 0.467 e. The van der Waals surface area contributed by atoms with E-state index in [-0.39, 0.29) is 34.6 Å². The summed E-state index contributed by atoms with van der Waals surface area (Å²) in [5.74, 6) is -0.469. The van der Waals surface area contributed by atoms with E-state index < -0.39 is 41.9 Å². The van der Waals surface area contributed by atoms with Crippen LogP contribution in [-0.4, -0.2) is 87.9 Å². The van der Waals surface area contributed by atoms with Gasteiger partial charge in [-0.1, -0.05) is 42.1 Å². The Kier molecular flexibility index (Phi) is 12.1. The molecule has 1 fully saturated rings. The summed E-state index contributed by atoms with van der Waals surface area (Å²) >= 11 is 2.58. The first-order valence-corrected chi connectivity index (χ1v) is 16.3. The third kappa shape index (κ3) is 9.15. The van der Waals surface area contributed by atoms with Crippen molar-refractivity contribution in [3.05, 3.63) is 54.1 Å². The van der Waals surface area contributed by atoms with Crippen molar-refractivity contribution in [2.24, 2.45) is 0 Å².